The molecule has 5 rings (SSSR count). The minimum absolute atomic E-state index is 0.209. The van der Waals surface area contributed by atoms with Gasteiger partial charge in [0.2, 0.25) is 0 Å². The summed E-state index contributed by atoms with van der Waals surface area (Å²) in [5, 5.41) is 2.78. The Labute approximate surface area is 183 Å². The molecule has 0 bridgehead atoms. The fourth-order valence-electron chi connectivity index (χ4n) is 4.64. The quantitative estimate of drug-likeness (QED) is 0.635. The molecule has 0 atom stereocenters. The average Bonchev–Trinajstić information content (AvgIpc) is 3.16. The van der Waals surface area contributed by atoms with E-state index in [0.717, 1.165) is 65.5 Å². The molecule has 0 spiro atoms. The summed E-state index contributed by atoms with van der Waals surface area (Å²) in [4.78, 5) is 21.4. The molecule has 1 fully saturated rings. The molecule has 1 N–H and O–H groups in total. The lowest BCUT2D eigenvalue weighted by atomic mass is 9.93. The number of nitrogens with one attached hydrogen (secondary N) is 1. The van der Waals surface area contributed by atoms with Gasteiger partial charge < -0.3 is 14.8 Å². The van der Waals surface area contributed by atoms with Crippen molar-refractivity contribution < 1.29 is 18.0 Å². The second kappa shape index (κ2) is 7.81. The number of hydrogen-bond donors (Lipinski definition) is 1. The molecule has 2 aliphatic rings. The first-order valence-corrected chi connectivity index (χ1v) is 10.8. The number of anilines is 1. The molecule has 2 aromatic carbocycles. The van der Waals surface area contributed by atoms with E-state index in [4.69, 9.17) is 0 Å². The summed E-state index contributed by atoms with van der Waals surface area (Å²) in [6.45, 7) is 3.89. The molecule has 32 heavy (non-hydrogen) atoms. The molecule has 0 radical (unpaired) electrons. The SMILES string of the molecule is CN1CCN(c2ccc3[nH]c4c(c3c2)=C(C(=O)c2ccc(C(F)(F)F)cc2)CCC=4)CC1. The van der Waals surface area contributed by atoms with Gasteiger partial charge in [0, 0.05) is 64.5 Å². The Morgan fingerprint density at radius 2 is 1.72 bits per heavy atom. The number of carbonyl (C=O) groups is 1. The molecule has 0 saturated carbocycles. The highest BCUT2D eigenvalue weighted by molar-refractivity contribution is 6.25. The maximum atomic E-state index is 13.3. The molecule has 7 heteroatoms. The maximum Gasteiger partial charge on any atom is 0.416 e. The van der Waals surface area contributed by atoms with E-state index in [0.29, 0.717) is 18.4 Å². The summed E-state index contributed by atoms with van der Waals surface area (Å²) < 4.78 is 38.7. The zero-order valence-corrected chi connectivity index (χ0v) is 17.8. The predicted octanol–water partition coefficient (Wildman–Crippen LogP) is 3.55. The van der Waals surface area contributed by atoms with Crippen LogP contribution in [-0.4, -0.2) is 48.9 Å². The number of hydrogen-bond acceptors (Lipinski definition) is 3. The molecule has 1 saturated heterocycles. The number of nitrogens with zero attached hydrogens (tertiary/aromatic N) is 2. The summed E-state index contributed by atoms with van der Waals surface area (Å²) >= 11 is 0. The first-order chi connectivity index (χ1) is 15.3. The Kier molecular flexibility index (Phi) is 5.08. The largest absolute Gasteiger partial charge is 0.416 e. The fraction of sp³-hybridized carbons (Fsp3) is 0.320. The van der Waals surface area contributed by atoms with E-state index in [9.17, 15) is 18.0 Å². The zero-order chi connectivity index (χ0) is 22.5. The highest BCUT2D eigenvalue weighted by Gasteiger charge is 2.30. The van der Waals surface area contributed by atoms with Crippen LogP contribution in [0.3, 0.4) is 0 Å². The van der Waals surface area contributed by atoms with Gasteiger partial charge in [-0.15, -0.1) is 0 Å². The number of carbonyl (C=O) groups excluding carboxylic acids is 1. The van der Waals surface area contributed by atoms with Gasteiger partial charge >= 0.3 is 6.18 Å². The summed E-state index contributed by atoms with van der Waals surface area (Å²) in [6.07, 6.45) is -1.04. The molecule has 1 aromatic heterocycles. The predicted molar refractivity (Wildman–Crippen MR) is 120 cm³/mol. The van der Waals surface area contributed by atoms with Gasteiger partial charge in [0.25, 0.3) is 0 Å². The van der Waals surface area contributed by atoms with Crippen molar-refractivity contribution in [2.75, 3.05) is 38.1 Å². The second-order valence-electron chi connectivity index (χ2n) is 8.56. The third-order valence-corrected chi connectivity index (χ3v) is 6.47. The smallest absolute Gasteiger partial charge is 0.369 e. The molecule has 1 aliphatic carbocycles. The van der Waals surface area contributed by atoms with Crippen LogP contribution in [0.4, 0.5) is 18.9 Å². The standard InChI is InChI=1S/C25H24F3N3O/c1-30-11-13-31(14-12-30)18-9-10-21-20(15-18)23-19(3-2-4-22(23)29-21)24(32)16-5-7-17(8-6-16)25(26,27)28/h4-10,15,29H,2-3,11-14H2,1H3. The van der Waals surface area contributed by atoms with Crippen LogP contribution in [0.5, 0.6) is 0 Å². The maximum absolute atomic E-state index is 13.3. The Morgan fingerprint density at radius 3 is 2.41 bits per heavy atom. The van der Waals surface area contributed by atoms with Gasteiger partial charge in [0.1, 0.15) is 0 Å². The van der Waals surface area contributed by atoms with Crippen LogP contribution >= 0.6 is 0 Å². The lowest BCUT2D eigenvalue weighted by molar-refractivity contribution is -0.137. The van der Waals surface area contributed by atoms with Crippen molar-refractivity contribution in [1.29, 1.82) is 0 Å². The molecule has 166 valence electrons. The number of aromatic amines is 1. The van der Waals surface area contributed by atoms with Crippen LogP contribution < -0.4 is 15.5 Å². The van der Waals surface area contributed by atoms with Crippen LogP contribution in [0.1, 0.15) is 28.8 Å². The molecule has 0 unspecified atom stereocenters. The van der Waals surface area contributed by atoms with Gasteiger partial charge in [-0.05, 0) is 50.2 Å². The third kappa shape index (κ3) is 3.71. The number of piperazine rings is 1. The van der Waals surface area contributed by atoms with Crippen LogP contribution in [0.25, 0.3) is 22.6 Å². The summed E-state index contributed by atoms with van der Waals surface area (Å²) in [6, 6.07) is 10.8. The van der Waals surface area contributed by atoms with E-state index in [-0.39, 0.29) is 11.3 Å². The normalized spacial score (nSPS) is 17.4. The van der Waals surface area contributed by atoms with Crippen molar-refractivity contribution in [1.82, 2.24) is 9.88 Å². The summed E-state index contributed by atoms with van der Waals surface area (Å²) in [5.41, 5.74) is 2.28. The van der Waals surface area contributed by atoms with Crippen molar-refractivity contribution in [2.45, 2.75) is 19.0 Å². The Morgan fingerprint density at radius 1 is 1.00 bits per heavy atom. The Hall–Kier alpha value is -3.06. The lowest BCUT2D eigenvalue weighted by Crippen LogP contribution is -2.44. The summed E-state index contributed by atoms with van der Waals surface area (Å²) in [7, 11) is 2.12. The first-order valence-electron chi connectivity index (χ1n) is 10.8. The van der Waals surface area contributed by atoms with Gasteiger partial charge in [0.15, 0.2) is 5.78 Å². The third-order valence-electron chi connectivity index (χ3n) is 6.47. The number of fused-ring (bicyclic) bond motifs is 3. The number of rotatable bonds is 3. The van der Waals surface area contributed by atoms with Crippen LogP contribution in [0, 0.1) is 0 Å². The fourth-order valence-corrected chi connectivity index (χ4v) is 4.64. The van der Waals surface area contributed by atoms with Crippen molar-refractivity contribution in [3.63, 3.8) is 0 Å². The molecule has 4 nitrogen and oxygen atoms in total. The van der Waals surface area contributed by atoms with E-state index in [1.54, 1.807) is 0 Å². The minimum atomic E-state index is -4.42. The van der Waals surface area contributed by atoms with Crippen LogP contribution in [-0.2, 0) is 6.18 Å². The minimum Gasteiger partial charge on any atom is -0.369 e. The number of H-pyrrole nitrogens is 1. The van der Waals surface area contributed by atoms with Gasteiger partial charge in [0.05, 0.1) is 5.56 Å². The van der Waals surface area contributed by atoms with Crippen molar-refractivity contribution >= 4 is 34.0 Å². The number of halogens is 3. The van der Waals surface area contributed by atoms with Gasteiger partial charge in [-0.1, -0.05) is 18.2 Å². The van der Waals surface area contributed by atoms with E-state index in [1.807, 2.05) is 0 Å². The average molecular weight is 439 g/mol. The van der Waals surface area contributed by atoms with E-state index in [1.165, 1.54) is 12.1 Å². The Balaban J connectivity index is 1.59. The summed E-state index contributed by atoms with van der Waals surface area (Å²) in [5.74, 6) is -0.209. The topological polar surface area (TPSA) is 39.3 Å². The van der Waals surface area contributed by atoms with Crippen LogP contribution in [0.15, 0.2) is 42.5 Å². The number of likely N-dealkylation sites (N-methyl/N-ethyl adjacent to an activating group) is 1. The highest BCUT2D eigenvalue weighted by Crippen LogP contribution is 2.30. The molecule has 0 amide bonds. The van der Waals surface area contributed by atoms with Gasteiger partial charge in [-0.2, -0.15) is 13.2 Å². The second-order valence-corrected chi connectivity index (χ2v) is 8.56. The van der Waals surface area contributed by atoms with Crippen molar-refractivity contribution in [3.05, 3.63) is 64.2 Å². The van der Waals surface area contributed by atoms with Gasteiger partial charge in [-0.3, -0.25) is 4.79 Å². The molecule has 1 aliphatic heterocycles. The number of ketones is 1. The highest BCUT2D eigenvalue weighted by atomic mass is 19.4. The van der Waals surface area contributed by atoms with Crippen molar-refractivity contribution in [3.8, 4) is 0 Å². The number of Topliss-reactive ketones (excluding diaryl/α,β-unsaturated/α-hetero) is 1. The van der Waals surface area contributed by atoms with E-state index in [2.05, 4.69) is 46.1 Å². The lowest BCUT2D eigenvalue weighted by Gasteiger charge is -2.34. The molecule has 3 aromatic rings. The molecule has 2 heterocycles. The van der Waals surface area contributed by atoms with E-state index >= 15 is 0 Å². The Bertz CT molecular complexity index is 1300. The number of benzene rings is 2. The number of aromatic nitrogens is 1. The van der Waals surface area contributed by atoms with E-state index < -0.39 is 11.7 Å². The first kappa shape index (κ1) is 20.8. The number of alkyl halides is 3. The monoisotopic (exact) mass is 439 g/mol. The van der Waals surface area contributed by atoms with Crippen LogP contribution in [0.2, 0.25) is 0 Å². The zero-order valence-electron chi connectivity index (χ0n) is 17.8. The molecular formula is C25H24F3N3O. The van der Waals surface area contributed by atoms with Crippen molar-refractivity contribution in [2.24, 2.45) is 0 Å². The molecular weight excluding hydrogens is 415 g/mol. The van der Waals surface area contributed by atoms with Gasteiger partial charge in [-0.25, -0.2) is 0 Å².